The van der Waals surface area contributed by atoms with E-state index in [9.17, 15) is 13.2 Å². The van der Waals surface area contributed by atoms with Crippen LogP contribution in [-0.4, -0.2) is 63.4 Å². The zero-order chi connectivity index (χ0) is 27.7. The van der Waals surface area contributed by atoms with Gasteiger partial charge in [-0.2, -0.15) is 0 Å². The Hall–Kier alpha value is -3.79. The number of sulfonamides is 1. The molecule has 8 nitrogen and oxygen atoms in total. The number of hydrogen-bond acceptors (Lipinski definition) is 6. The van der Waals surface area contributed by atoms with Crippen LogP contribution in [0.4, 0.5) is 17.1 Å². The largest absolute Gasteiger partial charge is 0.325 e. The molecule has 0 saturated carbocycles. The first-order valence-corrected chi connectivity index (χ1v) is 14.6. The molecule has 0 radical (unpaired) electrons. The van der Waals surface area contributed by atoms with Crippen molar-refractivity contribution in [3.63, 3.8) is 0 Å². The van der Waals surface area contributed by atoms with Crippen LogP contribution >= 0.6 is 11.6 Å². The van der Waals surface area contributed by atoms with Gasteiger partial charge in [0.25, 0.3) is 0 Å². The van der Waals surface area contributed by atoms with E-state index in [4.69, 9.17) is 16.6 Å². The summed E-state index contributed by atoms with van der Waals surface area (Å²) < 4.78 is 26.3. The summed E-state index contributed by atoms with van der Waals surface area (Å²) in [4.78, 5) is 24.6. The number of aromatic nitrogens is 1. The molecule has 5 rings (SSSR count). The van der Waals surface area contributed by atoms with E-state index in [0.29, 0.717) is 40.9 Å². The Bertz CT molecular complexity index is 1690. The van der Waals surface area contributed by atoms with Crippen molar-refractivity contribution in [3.8, 4) is 0 Å². The molecule has 39 heavy (non-hydrogen) atoms. The average Bonchev–Trinajstić information content (AvgIpc) is 3.21. The van der Waals surface area contributed by atoms with Crippen molar-refractivity contribution in [2.75, 3.05) is 43.1 Å². The van der Waals surface area contributed by atoms with Gasteiger partial charge in [0, 0.05) is 35.4 Å². The summed E-state index contributed by atoms with van der Waals surface area (Å²) in [6.45, 7) is 0.902. The van der Waals surface area contributed by atoms with Crippen LogP contribution in [0.5, 0.6) is 0 Å². The third-order valence-electron chi connectivity index (χ3n) is 6.56. The number of halogens is 1. The molecule has 0 aliphatic carbocycles. The van der Waals surface area contributed by atoms with Crippen molar-refractivity contribution in [3.05, 3.63) is 95.1 Å². The first kappa shape index (κ1) is 26.8. The summed E-state index contributed by atoms with van der Waals surface area (Å²) in [5.74, 6) is -0.860. The maximum Gasteiger partial charge on any atom is 0.238 e. The Morgan fingerprint density at radius 1 is 1.03 bits per heavy atom. The van der Waals surface area contributed by atoms with Gasteiger partial charge in [-0.1, -0.05) is 35.9 Å². The van der Waals surface area contributed by atoms with Crippen molar-refractivity contribution >= 4 is 61.2 Å². The highest BCUT2D eigenvalue weighted by Crippen LogP contribution is 2.38. The van der Waals surface area contributed by atoms with E-state index in [1.54, 1.807) is 42.6 Å². The maximum atomic E-state index is 13.3. The quantitative estimate of drug-likeness (QED) is 0.303. The van der Waals surface area contributed by atoms with E-state index in [1.807, 2.05) is 55.4 Å². The van der Waals surface area contributed by atoms with E-state index in [-0.39, 0.29) is 5.91 Å². The molecule has 200 valence electrons. The molecule has 10 heteroatoms. The van der Waals surface area contributed by atoms with Crippen molar-refractivity contribution in [1.82, 2.24) is 9.88 Å². The van der Waals surface area contributed by atoms with Crippen LogP contribution in [0.25, 0.3) is 10.9 Å². The number of carbonyl (C=O) groups is 1. The van der Waals surface area contributed by atoms with Gasteiger partial charge in [0.1, 0.15) is 5.92 Å². The molecule has 1 amide bonds. The molecule has 4 aromatic rings. The monoisotopic (exact) mass is 561 g/mol. The summed E-state index contributed by atoms with van der Waals surface area (Å²) in [7, 11) is 0.322. The van der Waals surface area contributed by atoms with Gasteiger partial charge in [-0.25, -0.2) is 8.42 Å². The minimum Gasteiger partial charge on any atom is -0.325 e. The number of hydrogen-bond donors (Lipinski definition) is 1. The summed E-state index contributed by atoms with van der Waals surface area (Å²) in [5.41, 5.74) is 4.69. The van der Waals surface area contributed by atoms with Crippen LogP contribution in [0, 0.1) is 0 Å². The highest BCUT2D eigenvalue weighted by Gasteiger charge is 2.35. The van der Waals surface area contributed by atoms with Gasteiger partial charge in [0.05, 0.1) is 28.9 Å². The maximum absolute atomic E-state index is 13.3. The van der Waals surface area contributed by atoms with Gasteiger partial charge in [-0.15, -0.1) is 0 Å². The van der Waals surface area contributed by atoms with Gasteiger partial charge in [0.2, 0.25) is 15.9 Å². The van der Waals surface area contributed by atoms with Crippen molar-refractivity contribution in [2.45, 2.75) is 5.92 Å². The van der Waals surface area contributed by atoms with Gasteiger partial charge >= 0.3 is 0 Å². The fourth-order valence-corrected chi connectivity index (χ4v) is 5.73. The SMILES string of the molecule is CN(C)CCN(c1ccc(N=C(c2ccc3cccnc3c2)C2C(=O)Nc3cc(Cl)ccc32)cc1)S(C)(=O)=O. The fourth-order valence-electron chi connectivity index (χ4n) is 4.64. The highest BCUT2D eigenvalue weighted by molar-refractivity contribution is 7.92. The van der Waals surface area contributed by atoms with Gasteiger partial charge in [-0.3, -0.25) is 19.1 Å². The number of likely N-dealkylation sites (N-methyl/N-ethyl adjacent to an activating group) is 1. The second-order valence-electron chi connectivity index (χ2n) is 9.72. The van der Waals surface area contributed by atoms with E-state index in [1.165, 1.54) is 10.6 Å². The number of nitrogens with zero attached hydrogens (tertiary/aromatic N) is 4. The van der Waals surface area contributed by atoms with E-state index < -0.39 is 15.9 Å². The topological polar surface area (TPSA) is 95.0 Å². The second kappa shape index (κ2) is 10.8. The predicted molar refractivity (Wildman–Crippen MR) is 158 cm³/mol. The smallest absolute Gasteiger partial charge is 0.238 e. The first-order chi connectivity index (χ1) is 18.6. The summed E-state index contributed by atoms with van der Waals surface area (Å²) in [6.07, 6.45) is 2.92. The molecule has 0 saturated heterocycles. The lowest BCUT2D eigenvalue weighted by molar-refractivity contribution is -0.115. The molecule has 3 aromatic carbocycles. The van der Waals surface area contributed by atoms with Crippen LogP contribution < -0.4 is 9.62 Å². The third kappa shape index (κ3) is 5.80. The van der Waals surface area contributed by atoms with Crippen LogP contribution in [0.1, 0.15) is 17.0 Å². The number of benzene rings is 3. The molecule has 2 heterocycles. The molecule has 1 aliphatic heterocycles. The van der Waals surface area contributed by atoms with Crippen molar-refractivity contribution < 1.29 is 13.2 Å². The minimum absolute atomic E-state index is 0.198. The number of anilines is 2. The number of amides is 1. The van der Waals surface area contributed by atoms with Crippen LogP contribution in [0.2, 0.25) is 5.02 Å². The van der Waals surface area contributed by atoms with E-state index >= 15 is 0 Å². The van der Waals surface area contributed by atoms with Crippen molar-refractivity contribution in [1.29, 1.82) is 0 Å². The molecular formula is C29H28ClN5O3S. The Morgan fingerprint density at radius 2 is 1.79 bits per heavy atom. The lowest BCUT2D eigenvalue weighted by Crippen LogP contribution is -2.35. The molecule has 1 N–H and O–H groups in total. The number of fused-ring (bicyclic) bond motifs is 2. The Kier molecular flexibility index (Phi) is 7.40. The summed E-state index contributed by atoms with van der Waals surface area (Å²) in [6, 6.07) is 22.0. The van der Waals surface area contributed by atoms with Gasteiger partial charge in [-0.05, 0) is 73.8 Å². The second-order valence-corrected chi connectivity index (χ2v) is 12.1. The molecule has 0 bridgehead atoms. The lowest BCUT2D eigenvalue weighted by atomic mass is 9.90. The van der Waals surface area contributed by atoms with E-state index in [0.717, 1.165) is 22.0 Å². The summed E-state index contributed by atoms with van der Waals surface area (Å²) in [5, 5.41) is 4.44. The van der Waals surface area contributed by atoms with Gasteiger partial charge < -0.3 is 10.2 Å². The molecule has 1 unspecified atom stereocenters. The molecule has 1 atom stereocenters. The Balaban J connectivity index is 1.59. The zero-order valence-electron chi connectivity index (χ0n) is 21.8. The zero-order valence-corrected chi connectivity index (χ0v) is 23.4. The normalized spacial score (nSPS) is 15.5. The molecule has 1 aliphatic rings. The Labute approximate surface area is 233 Å². The highest BCUT2D eigenvalue weighted by atomic mass is 35.5. The van der Waals surface area contributed by atoms with E-state index in [2.05, 4.69) is 10.3 Å². The molecular weight excluding hydrogens is 534 g/mol. The van der Waals surface area contributed by atoms with Crippen LogP contribution in [0.15, 0.2) is 84.0 Å². The number of aliphatic imine (C=N–C) groups is 1. The molecule has 1 aromatic heterocycles. The Morgan fingerprint density at radius 3 is 2.51 bits per heavy atom. The number of rotatable bonds is 8. The van der Waals surface area contributed by atoms with Crippen LogP contribution in [0.3, 0.4) is 0 Å². The van der Waals surface area contributed by atoms with Gasteiger partial charge in [0.15, 0.2) is 0 Å². The predicted octanol–water partition coefficient (Wildman–Crippen LogP) is 5.07. The third-order valence-corrected chi connectivity index (χ3v) is 7.99. The van der Waals surface area contributed by atoms with Crippen LogP contribution in [-0.2, 0) is 14.8 Å². The standard InChI is InChI=1S/C29H28ClN5O3S/c1-34(2)15-16-35(39(3,37)38)23-11-9-22(10-12-23)32-28(20-7-6-19-5-4-14-31-25(19)17-20)27-24-13-8-21(30)18-26(24)33-29(27)36/h4-14,17-18,27H,15-16H2,1-3H3,(H,33,36). The van der Waals surface area contributed by atoms with Crippen molar-refractivity contribution in [2.24, 2.45) is 4.99 Å². The number of pyridine rings is 1. The first-order valence-electron chi connectivity index (χ1n) is 12.4. The summed E-state index contributed by atoms with van der Waals surface area (Å²) >= 11 is 6.18. The average molecular weight is 562 g/mol. The fraction of sp³-hybridized carbons (Fsp3) is 0.207. The number of nitrogens with one attached hydrogen (secondary N) is 1. The minimum atomic E-state index is -3.47. The molecule has 0 spiro atoms. The lowest BCUT2D eigenvalue weighted by Gasteiger charge is -2.24. The molecule has 0 fully saturated rings. The number of carbonyl (C=O) groups excluding carboxylic acids is 1.